The van der Waals surface area contributed by atoms with Gasteiger partial charge < -0.3 is 21.1 Å². The van der Waals surface area contributed by atoms with Crippen LogP contribution in [0.15, 0.2) is 17.2 Å². The number of nitrogens with two attached hydrogens (primary N) is 1. The maximum Gasteiger partial charge on any atom is 0.191 e. The molecule has 0 saturated heterocycles. The lowest BCUT2D eigenvalue weighted by atomic mass is 9.78. The van der Waals surface area contributed by atoms with Gasteiger partial charge in [-0.05, 0) is 6.26 Å². The van der Waals surface area contributed by atoms with Crippen molar-refractivity contribution >= 4 is 34.4 Å². The summed E-state index contributed by atoms with van der Waals surface area (Å²) in [6.07, 6.45) is 2.18. The van der Waals surface area contributed by atoms with Crippen LogP contribution in [0.5, 0.6) is 0 Å². The molecule has 9 heteroatoms. The van der Waals surface area contributed by atoms with E-state index in [4.69, 9.17) is 5.73 Å². The van der Waals surface area contributed by atoms with Crippen LogP contribution in [0, 0.1) is 11.3 Å². The standard InChI is InChI=1S/C14H19N5O3S/c1-6-8(9(21)10(22)14(6,2)4-20)19-5-16-7-11(15)17-13(23-3)18-12(7)19/h5-6,10,20-22H,4H2,1-3H3,(H2,15,17,18)/t6-,10?,14+/m1/s1. The van der Waals surface area contributed by atoms with Gasteiger partial charge in [0.15, 0.2) is 22.1 Å². The third kappa shape index (κ3) is 2.11. The summed E-state index contributed by atoms with van der Waals surface area (Å²) in [5.74, 6) is -0.237. The highest BCUT2D eigenvalue weighted by Gasteiger charge is 2.50. The fourth-order valence-electron chi connectivity index (χ4n) is 2.95. The molecule has 2 aromatic heterocycles. The summed E-state index contributed by atoms with van der Waals surface area (Å²) >= 11 is 1.35. The van der Waals surface area contributed by atoms with E-state index in [1.807, 2.05) is 13.2 Å². The second-order valence-electron chi connectivity index (χ2n) is 5.94. The molecule has 1 aliphatic carbocycles. The van der Waals surface area contributed by atoms with E-state index in [1.54, 1.807) is 11.5 Å². The van der Waals surface area contributed by atoms with Gasteiger partial charge in [0.2, 0.25) is 0 Å². The van der Waals surface area contributed by atoms with Crippen LogP contribution in [0.2, 0.25) is 0 Å². The zero-order chi connectivity index (χ0) is 16.9. The lowest BCUT2D eigenvalue weighted by Gasteiger charge is -2.31. The number of anilines is 1. The van der Waals surface area contributed by atoms with Crippen molar-refractivity contribution in [2.75, 3.05) is 18.6 Å². The van der Waals surface area contributed by atoms with Gasteiger partial charge in [0.25, 0.3) is 0 Å². The van der Waals surface area contributed by atoms with Gasteiger partial charge in [-0.15, -0.1) is 0 Å². The van der Waals surface area contributed by atoms with Gasteiger partial charge in [-0.25, -0.2) is 15.0 Å². The average molecular weight is 337 g/mol. The second kappa shape index (κ2) is 5.36. The molecule has 1 unspecified atom stereocenters. The van der Waals surface area contributed by atoms with Crippen LogP contribution in [-0.4, -0.2) is 53.8 Å². The highest BCUT2D eigenvalue weighted by atomic mass is 32.2. The molecule has 0 bridgehead atoms. The number of imidazole rings is 1. The third-order valence-corrected chi connectivity index (χ3v) is 5.28. The van der Waals surface area contributed by atoms with Crippen molar-refractivity contribution in [2.24, 2.45) is 11.3 Å². The van der Waals surface area contributed by atoms with Crippen LogP contribution < -0.4 is 5.73 Å². The number of aliphatic hydroxyl groups excluding tert-OH is 3. The summed E-state index contributed by atoms with van der Waals surface area (Å²) in [6.45, 7) is 3.30. The number of rotatable bonds is 3. The molecule has 0 saturated carbocycles. The first kappa shape index (κ1) is 16.0. The summed E-state index contributed by atoms with van der Waals surface area (Å²) in [5, 5.41) is 30.9. The molecule has 1 aliphatic rings. The molecule has 2 heterocycles. The zero-order valence-electron chi connectivity index (χ0n) is 13.1. The molecular weight excluding hydrogens is 318 g/mol. The Kier molecular flexibility index (Phi) is 3.74. The van der Waals surface area contributed by atoms with E-state index < -0.39 is 11.5 Å². The first-order valence-corrected chi connectivity index (χ1v) is 8.34. The lowest BCUT2D eigenvalue weighted by molar-refractivity contribution is -0.00877. The molecule has 0 spiro atoms. The van der Waals surface area contributed by atoms with E-state index in [2.05, 4.69) is 15.0 Å². The van der Waals surface area contributed by atoms with Crippen molar-refractivity contribution in [1.82, 2.24) is 19.5 Å². The molecule has 2 aromatic rings. The summed E-state index contributed by atoms with van der Waals surface area (Å²) in [7, 11) is 0. The third-order valence-electron chi connectivity index (χ3n) is 4.73. The minimum absolute atomic E-state index is 0.184. The second-order valence-corrected chi connectivity index (χ2v) is 6.71. The largest absolute Gasteiger partial charge is 0.508 e. The number of nitrogen functional groups attached to an aromatic ring is 1. The summed E-state index contributed by atoms with van der Waals surface area (Å²) in [4.78, 5) is 12.8. The fourth-order valence-corrected chi connectivity index (χ4v) is 3.31. The fraction of sp³-hybridized carbons (Fsp3) is 0.500. The van der Waals surface area contributed by atoms with Gasteiger partial charge >= 0.3 is 0 Å². The molecule has 124 valence electrons. The number of aromatic nitrogens is 4. The minimum Gasteiger partial charge on any atom is -0.508 e. The van der Waals surface area contributed by atoms with Crippen molar-refractivity contribution in [3.05, 3.63) is 12.1 Å². The van der Waals surface area contributed by atoms with E-state index in [0.717, 1.165) is 0 Å². The Labute approximate surface area is 137 Å². The number of fused-ring (bicyclic) bond motifs is 1. The maximum absolute atomic E-state index is 10.4. The Morgan fingerprint density at radius 1 is 1.43 bits per heavy atom. The normalized spacial score (nSPS) is 28.0. The summed E-state index contributed by atoms with van der Waals surface area (Å²) in [5.41, 5.74) is 6.39. The molecule has 0 fully saturated rings. The smallest absolute Gasteiger partial charge is 0.191 e. The lowest BCUT2D eigenvalue weighted by Crippen LogP contribution is -2.37. The maximum atomic E-state index is 10.4. The number of nitrogens with zero attached hydrogens (tertiary/aromatic N) is 4. The van der Waals surface area contributed by atoms with Gasteiger partial charge in [0, 0.05) is 11.3 Å². The number of allylic oxidation sites excluding steroid dienone is 1. The number of hydrogen-bond donors (Lipinski definition) is 4. The van der Waals surface area contributed by atoms with Gasteiger partial charge in [-0.2, -0.15) is 0 Å². The van der Waals surface area contributed by atoms with E-state index in [-0.39, 0.29) is 24.1 Å². The van der Waals surface area contributed by atoms with Crippen molar-refractivity contribution in [3.63, 3.8) is 0 Å². The molecule has 8 nitrogen and oxygen atoms in total. The molecule has 23 heavy (non-hydrogen) atoms. The molecule has 3 rings (SSSR count). The van der Waals surface area contributed by atoms with Crippen molar-refractivity contribution < 1.29 is 15.3 Å². The van der Waals surface area contributed by atoms with Crippen LogP contribution >= 0.6 is 11.8 Å². The molecule has 0 aliphatic heterocycles. The van der Waals surface area contributed by atoms with Gasteiger partial charge in [0.1, 0.15) is 18.2 Å². The molecular formula is C14H19N5O3S. The summed E-state index contributed by atoms with van der Waals surface area (Å²) in [6, 6.07) is 0. The molecule has 0 amide bonds. The predicted molar refractivity (Wildman–Crippen MR) is 87.7 cm³/mol. The van der Waals surface area contributed by atoms with Crippen LogP contribution in [-0.2, 0) is 0 Å². The Bertz CT molecular complexity index is 805. The van der Waals surface area contributed by atoms with Gasteiger partial charge in [0.05, 0.1) is 12.3 Å². The average Bonchev–Trinajstić information content (AvgIpc) is 3.03. The van der Waals surface area contributed by atoms with E-state index in [1.165, 1.54) is 18.1 Å². The van der Waals surface area contributed by atoms with Gasteiger partial charge in [-0.1, -0.05) is 25.6 Å². The molecule has 0 aromatic carbocycles. The first-order chi connectivity index (χ1) is 10.8. The Morgan fingerprint density at radius 2 is 2.13 bits per heavy atom. The van der Waals surface area contributed by atoms with E-state index in [9.17, 15) is 15.3 Å². The number of thioether (sulfide) groups is 1. The quantitative estimate of drug-likeness (QED) is 0.479. The van der Waals surface area contributed by atoms with Crippen LogP contribution in [0.4, 0.5) is 5.82 Å². The highest BCUT2D eigenvalue weighted by Crippen LogP contribution is 2.48. The number of hydrogen-bond acceptors (Lipinski definition) is 8. The van der Waals surface area contributed by atoms with Crippen molar-refractivity contribution in [1.29, 1.82) is 0 Å². The van der Waals surface area contributed by atoms with Gasteiger partial charge in [-0.3, -0.25) is 4.57 Å². The van der Waals surface area contributed by atoms with Crippen LogP contribution in [0.1, 0.15) is 13.8 Å². The van der Waals surface area contributed by atoms with Crippen molar-refractivity contribution in [3.8, 4) is 0 Å². The Hall–Kier alpha value is -1.84. The predicted octanol–water partition coefficient (Wildman–Crippen LogP) is 0.866. The SMILES string of the molecule is CSc1nc(N)c2ncn(C3=C(O)C(O)[C@@](C)(CO)[C@@H]3C)c2n1. The first-order valence-electron chi connectivity index (χ1n) is 7.12. The number of aliphatic hydroxyl groups is 3. The Balaban J connectivity index is 2.23. The Morgan fingerprint density at radius 3 is 2.70 bits per heavy atom. The monoisotopic (exact) mass is 337 g/mol. The van der Waals surface area contributed by atoms with E-state index >= 15 is 0 Å². The zero-order valence-corrected chi connectivity index (χ0v) is 13.9. The molecule has 5 N–H and O–H groups in total. The molecule has 0 radical (unpaired) electrons. The topological polar surface area (TPSA) is 130 Å². The van der Waals surface area contributed by atoms with E-state index in [0.29, 0.717) is 22.0 Å². The van der Waals surface area contributed by atoms with Crippen LogP contribution in [0.25, 0.3) is 16.9 Å². The van der Waals surface area contributed by atoms with Crippen molar-refractivity contribution in [2.45, 2.75) is 25.1 Å². The van der Waals surface area contributed by atoms with Crippen LogP contribution in [0.3, 0.4) is 0 Å². The molecule has 3 atom stereocenters. The summed E-state index contributed by atoms with van der Waals surface area (Å²) < 4.78 is 1.61. The minimum atomic E-state index is -1.16. The highest BCUT2D eigenvalue weighted by molar-refractivity contribution is 7.98.